The number of urea groups is 1. The third kappa shape index (κ3) is 3.97. The van der Waals surface area contributed by atoms with Crippen molar-refractivity contribution >= 4 is 46.7 Å². The topological polar surface area (TPSA) is 59.0 Å². The van der Waals surface area contributed by atoms with Crippen molar-refractivity contribution < 1.29 is 4.79 Å². The molecule has 0 aliphatic heterocycles. The van der Waals surface area contributed by atoms with Gasteiger partial charge in [-0.15, -0.1) is 0 Å². The number of carbonyl (C=O) groups is 1. The number of halogens is 3. The highest BCUT2D eigenvalue weighted by Crippen LogP contribution is 2.55. The lowest BCUT2D eigenvalue weighted by atomic mass is 9.53. The Morgan fingerprint density at radius 1 is 1.07 bits per heavy atom. The Morgan fingerprint density at radius 3 is 2.34 bits per heavy atom. The number of anilines is 1. The van der Waals surface area contributed by atoms with Crippen LogP contribution in [0.2, 0.25) is 15.1 Å². The molecule has 0 atom stereocenters. The van der Waals surface area contributed by atoms with Crippen molar-refractivity contribution in [2.75, 3.05) is 5.32 Å². The number of rotatable bonds is 4. The first-order valence-electron chi connectivity index (χ1n) is 10.1. The molecule has 1 aromatic heterocycles. The lowest BCUT2D eigenvalue weighted by Crippen LogP contribution is -2.60. The van der Waals surface area contributed by atoms with Gasteiger partial charge < -0.3 is 5.32 Å². The summed E-state index contributed by atoms with van der Waals surface area (Å²) in [5.41, 5.74) is 0.824. The second kappa shape index (κ2) is 7.36. The third-order valence-corrected chi connectivity index (χ3v) is 7.58. The summed E-state index contributed by atoms with van der Waals surface area (Å²) < 4.78 is 1.66. The number of nitrogens with zero attached hydrogens (tertiary/aromatic N) is 2. The van der Waals surface area contributed by atoms with Crippen molar-refractivity contribution in [3.05, 3.63) is 45.0 Å². The molecule has 154 valence electrons. The predicted octanol–water partition coefficient (Wildman–Crippen LogP) is 5.98. The maximum absolute atomic E-state index is 12.7. The van der Waals surface area contributed by atoms with E-state index in [4.69, 9.17) is 34.8 Å². The molecule has 4 fully saturated rings. The zero-order valence-electron chi connectivity index (χ0n) is 15.9. The second-order valence-corrected chi connectivity index (χ2v) is 10.3. The lowest BCUT2D eigenvalue weighted by molar-refractivity contribution is -0.0127. The van der Waals surface area contributed by atoms with Crippen LogP contribution in [0, 0.1) is 17.8 Å². The van der Waals surface area contributed by atoms with E-state index in [2.05, 4.69) is 15.7 Å². The van der Waals surface area contributed by atoms with E-state index in [-0.39, 0.29) is 11.6 Å². The van der Waals surface area contributed by atoms with Crippen molar-refractivity contribution in [1.29, 1.82) is 0 Å². The molecule has 2 aromatic rings. The number of hydrogen-bond donors (Lipinski definition) is 2. The molecule has 4 saturated carbocycles. The highest BCUT2D eigenvalue weighted by atomic mass is 35.5. The summed E-state index contributed by atoms with van der Waals surface area (Å²) in [5.74, 6) is 2.68. The van der Waals surface area contributed by atoms with E-state index in [9.17, 15) is 4.79 Å². The van der Waals surface area contributed by atoms with E-state index < -0.39 is 0 Å². The number of benzene rings is 1. The molecule has 4 aliphatic rings. The number of hydrogen-bond acceptors (Lipinski definition) is 2. The zero-order chi connectivity index (χ0) is 20.2. The van der Waals surface area contributed by atoms with Gasteiger partial charge in [-0.1, -0.05) is 40.9 Å². The average molecular weight is 454 g/mol. The van der Waals surface area contributed by atoms with E-state index >= 15 is 0 Å². The van der Waals surface area contributed by atoms with Gasteiger partial charge in [0, 0.05) is 21.8 Å². The quantitative estimate of drug-likeness (QED) is 0.598. The molecule has 29 heavy (non-hydrogen) atoms. The predicted molar refractivity (Wildman–Crippen MR) is 116 cm³/mol. The first-order chi connectivity index (χ1) is 13.9. The average Bonchev–Trinajstić information content (AvgIpc) is 2.94. The normalized spacial score (nSPS) is 29.8. The summed E-state index contributed by atoms with van der Waals surface area (Å²) in [6.45, 7) is 0.438. The van der Waals surface area contributed by atoms with Gasteiger partial charge >= 0.3 is 6.03 Å². The second-order valence-electron chi connectivity index (χ2n) is 9.04. The molecule has 6 rings (SSSR count). The van der Waals surface area contributed by atoms with Gasteiger partial charge in [-0.05, 0) is 74.0 Å². The SMILES string of the molecule is O=C(Nc1nn(Cc2ccc(Cl)cc2Cl)cc1Cl)NC12CC3CC(CC(C3)C1)C2. The molecule has 2 N–H and O–H groups in total. The molecule has 8 heteroatoms. The number of carbonyl (C=O) groups excluding carboxylic acids is 1. The number of nitrogens with one attached hydrogen (secondary N) is 2. The first kappa shape index (κ1) is 19.5. The van der Waals surface area contributed by atoms with Crippen LogP contribution in [0.3, 0.4) is 0 Å². The smallest absolute Gasteiger partial charge is 0.320 e. The Balaban J connectivity index is 1.26. The molecule has 1 aromatic carbocycles. The van der Waals surface area contributed by atoms with E-state index in [1.807, 2.05) is 6.07 Å². The minimum Gasteiger partial charge on any atom is -0.332 e. The van der Waals surface area contributed by atoms with Crippen molar-refractivity contribution in [2.45, 2.75) is 50.6 Å². The van der Waals surface area contributed by atoms with Crippen LogP contribution in [0.15, 0.2) is 24.4 Å². The molecule has 4 aliphatic carbocycles. The fourth-order valence-corrected chi connectivity index (χ4v) is 6.70. The molecular weight excluding hydrogens is 431 g/mol. The lowest BCUT2D eigenvalue weighted by Gasteiger charge is -2.56. The van der Waals surface area contributed by atoms with Crippen LogP contribution in [-0.2, 0) is 6.54 Å². The summed E-state index contributed by atoms with van der Waals surface area (Å²) in [5, 5.41) is 12.1. The van der Waals surface area contributed by atoms with E-state index in [0.29, 0.717) is 27.4 Å². The summed E-state index contributed by atoms with van der Waals surface area (Å²) in [4.78, 5) is 12.7. The van der Waals surface area contributed by atoms with Crippen LogP contribution in [0.4, 0.5) is 10.6 Å². The van der Waals surface area contributed by atoms with Crippen LogP contribution in [0.25, 0.3) is 0 Å². The fraction of sp³-hybridized carbons (Fsp3) is 0.524. The Labute approximate surface area is 185 Å². The molecule has 1 heterocycles. The molecule has 0 unspecified atom stereocenters. The molecule has 0 radical (unpaired) electrons. The van der Waals surface area contributed by atoms with E-state index in [1.54, 1.807) is 23.0 Å². The molecule has 0 spiro atoms. The Hall–Kier alpha value is -1.43. The first-order valence-corrected chi connectivity index (χ1v) is 11.3. The van der Waals surface area contributed by atoms with Crippen molar-refractivity contribution in [3.8, 4) is 0 Å². The molecule has 4 bridgehead atoms. The number of aromatic nitrogens is 2. The summed E-state index contributed by atoms with van der Waals surface area (Å²) in [7, 11) is 0. The molecule has 2 amide bonds. The third-order valence-electron chi connectivity index (χ3n) is 6.71. The summed E-state index contributed by atoms with van der Waals surface area (Å²) >= 11 is 18.5. The van der Waals surface area contributed by atoms with Crippen molar-refractivity contribution in [3.63, 3.8) is 0 Å². The van der Waals surface area contributed by atoms with Crippen LogP contribution in [0.1, 0.15) is 44.1 Å². The summed E-state index contributed by atoms with van der Waals surface area (Å²) in [6, 6.07) is 5.12. The van der Waals surface area contributed by atoms with Gasteiger partial charge in [0.15, 0.2) is 5.82 Å². The van der Waals surface area contributed by atoms with E-state index in [0.717, 1.165) is 42.6 Å². The largest absolute Gasteiger partial charge is 0.332 e. The van der Waals surface area contributed by atoms with E-state index in [1.165, 1.54) is 19.3 Å². The Kier molecular flexibility index (Phi) is 4.96. The maximum Gasteiger partial charge on any atom is 0.320 e. The Bertz CT molecular complexity index is 922. The van der Waals surface area contributed by atoms with Gasteiger partial charge in [-0.3, -0.25) is 10.00 Å². The highest BCUT2D eigenvalue weighted by molar-refractivity contribution is 6.35. The molecule has 5 nitrogen and oxygen atoms in total. The molecular formula is C21H23Cl3N4O. The van der Waals surface area contributed by atoms with Gasteiger partial charge in [-0.25, -0.2) is 4.79 Å². The highest BCUT2D eigenvalue weighted by Gasteiger charge is 2.51. The van der Waals surface area contributed by atoms with Gasteiger partial charge in [0.05, 0.1) is 6.54 Å². The van der Waals surface area contributed by atoms with Crippen LogP contribution < -0.4 is 10.6 Å². The maximum atomic E-state index is 12.7. The van der Waals surface area contributed by atoms with Gasteiger partial charge in [0.25, 0.3) is 0 Å². The standard InChI is InChI=1S/C21H23Cl3N4O/c22-16-2-1-15(17(23)6-16)10-28-11-18(24)19(27-28)25-20(29)26-21-7-12-3-13(8-21)5-14(4-12)9-21/h1-2,6,11-14H,3-5,7-10H2,(H2,25,26,27,29). The van der Waals surface area contributed by atoms with Crippen LogP contribution in [0.5, 0.6) is 0 Å². The van der Waals surface area contributed by atoms with Crippen molar-refractivity contribution in [1.82, 2.24) is 15.1 Å². The fourth-order valence-electron chi connectivity index (χ4n) is 6.03. The summed E-state index contributed by atoms with van der Waals surface area (Å²) in [6.07, 6.45) is 9.01. The monoisotopic (exact) mass is 452 g/mol. The minimum absolute atomic E-state index is 0.0509. The minimum atomic E-state index is -0.219. The number of amides is 2. The van der Waals surface area contributed by atoms with Crippen LogP contribution >= 0.6 is 34.8 Å². The molecule has 0 saturated heterocycles. The van der Waals surface area contributed by atoms with Crippen LogP contribution in [-0.4, -0.2) is 21.4 Å². The van der Waals surface area contributed by atoms with Crippen molar-refractivity contribution in [2.24, 2.45) is 17.8 Å². The van der Waals surface area contributed by atoms with Gasteiger partial charge in [0.2, 0.25) is 0 Å². The Morgan fingerprint density at radius 2 is 1.72 bits per heavy atom. The zero-order valence-corrected chi connectivity index (χ0v) is 18.2. The van der Waals surface area contributed by atoms with Gasteiger partial charge in [0.1, 0.15) is 5.02 Å². The van der Waals surface area contributed by atoms with Gasteiger partial charge in [-0.2, -0.15) is 5.10 Å².